The normalized spacial score (nSPS) is 28.9. The summed E-state index contributed by atoms with van der Waals surface area (Å²) in [6, 6.07) is 6.88. The van der Waals surface area contributed by atoms with E-state index < -0.39 is 27.3 Å². The maximum absolute atomic E-state index is 12.7. The van der Waals surface area contributed by atoms with Crippen LogP contribution in [0.3, 0.4) is 0 Å². The Morgan fingerprint density at radius 1 is 1.42 bits per heavy atom. The first-order valence-electron chi connectivity index (χ1n) is 7.68. The molecule has 3 rings (SSSR count). The highest BCUT2D eigenvalue weighted by molar-refractivity contribution is 7.88. The van der Waals surface area contributed by atoms with Crippen molar-refractivity contribution >= 4 is 16.0 Å². The van der Waals surface area contributed by atoms with Gasteiger partial charge in [-0.1, -0.05) is 29.5 Å². The number of aryl methyl sites for hydroxylation is 1. The molecule has 1 heterocycles. The molecular weight excluding hydrogens is 334 g/mol. The van der Waals surface area contributed by atoms with E-state index in [1.807, 2.05) is 0 Å². The molecule has 8 nitrogen and oxygen atoms in total. The van der Waals surface area contributed by atoms with Gasteiger partial charge in [-0.25, -0.2) is 13.2 Å². The van der Waals surface area contributed by atoms with Gasteiger partial charge >= 0.3 is 5.97 Å². The van der Waals surface area contributed by atoms with E-state index in [4.69, 9.17) is 4.74 Å². The van der Waals surface area contributed by atoms with E-state index in [0.29, 0.717) is 22.8 Å². The summed E-state index contributed by atoms with van der Waals surface area (Å²) < 4.78 is 30.0. The Hall–Kier alpha value is -2.00. The second-order valence-corrected chi connectivity index (χ2v) is 7.77. The van der Waals surface area contributed by atoms with Gasteiger partial charge in [-0.05, 0) is 31.7 Å². The Labute approximate surface area is 140 Å². The average molecular weight is 353 g/mol. The number of rotatable bonds is 3. The number of esters is 1. The minimum Gasteiger partial charge on any atom is -0.464 e. The van der Waals surface area contributed by atoms with Crippen LogP contribution in [0.1, 0.15) is 30.9 Å². The van der Waals surface area contributed by atoms with Crippen LogP contribution in [0.2, 0.25) is 0 Å². The van der Waals surface area contributed by atoms with Gasteiger partial charge in [-0.2, -0.15) is 0 Å². The van der Waals surface area contributed by atoms with E-state index in [-0.39, 0.29) is 13.0 Å². The van der Waals surface area contributed by atoms with Gasteiger partial charge in [-0.3, -0.25) is 0 Å². The summed E-state index contributed by atoms with van der Waals surface area (Å²) in [6.07, 6.45) is 2.17. The van der Waals surface area contributed by atoms with Crippen LogP contribution in [0.15, 0.2) is 34.6 Å². The van der Waals surface area contributed by atoms with E-state index in [9.17, 15) is 18.3 Å². The van der Waals surface area contributed by atoms with Crippen molar-refractivity contribution in [2.75, 3.05) is 12.9 Å². The lowest BCUT2D eigenvalue weighted by Gasteiger charge is -2.39. The van der Waals surface area contributed by atoms with E-state index in [2.05, 4.69) is 10.3 Å². The largest absolute Gasteiger partial charge is 0.464 e. The molecule has 0 bridgehead atoms. The Kier molecular flexibility index (Phi) is 3.88. The predicted octanol–water partition coefficient (Wildman–Crippen LogP) is 1.11. The maximum atomic E-state index is 12.7. The zero-order chi connectivity index (χ0) is 17.6. The Morgan fingerprint density at radius 2 is 2.12 bits per heavy atom. The first-order valence-corrected chi connectivity index (χ1v) is 9.53. The van der Waals surface area contributed by atoms with E-state index >= 15 is 0 Å². The van der Waals surface area contributed by atoms with Gasteiger partial charge < -0.3 is 9.84 Å². The molecular formula is C15H19N3O5S. The van der Waals surface area contributed by atoms with Crippen molar-refractivity contribution in [3.05, 3.63) is 35.4 Å². The van der Waals surface area contributed by atoms with Crippen LogP contribution in [-0.2, 0) is 31.7 Å². The number of carbonyl (C=O) groups excluding carboxylic acids is 1. The number of fused-ring (bicyclic) bond motifs is 3. The number of ether oxygens (including phenoxy) is 1. The maximum Gasteiger partial charge on any atom is 0.341 e. The fourth-order valence-corrected chi connectivity index (χ4v) is 4.31. The number of benzene rings is 1. The summed E-state index contributed by atoms with van der Waals surface area (Å²) in [5.41, 5.74) is -2.98. The minimum absolute atomic E-state index is 0.0900. The molecule has 2 atom stereocenters. The molecule has 0 aromatic heterocycles. The quantitative estimate of drug-likeness (QED) is 0.819. The topological polar surface area (TPSA) is 109 Å². The fraction of sp³-hybridized carbons (Fsp3) is 0.533. The second-order valence-electron chi connectivity index (χ2n) is 5.96. The number of carbonyl (C=O) groups is 1. The third-order valence-electron chi connectivity index (χ3n) is 4.46. The zero-order valence-corrected chi connectivity index (χ0v) is 14.3. The first-order chi connectivity index (χ1) is 11.3. The van der Waals surface area contributed by atoms with Crippen molar-refractivity contribution < 1.29 is 23.1 Å². The van der Waals surface area contributed by atoms with Gasteiger partial charge in [0.25, 0.3) is 10.0 Å². The van der Waals surface area contributed by atoms with E-state index in [1.54, 1.807) is 31.2 Å². The first kappa shape index (κ1) is 16.8. The van der Waals surface area contributed by atoms with Crippen LogP contribution < -0.4 is 0 Å². The van der Waals surface area contributed by atoms with Crippen LogP contribution in [0, 0.1) is 0 Å². The molecule has 1 aliphatic heterocycles. The lowest BCUT2D eigenvalue weighted by atomic mass is 9.80. The van der Waals surface area contributed by atoms with Gasteiger partial charge in [0.1, 0.15) is 0 Å². The lowest BCUT2D eigenvalue weighted by Crippen LogP contribution is -2.61. The summed E-state index contributed by atoms with van der Waals surface area (Å²) in [7, 11) is -3.96. The van der Waals surface area contributed by atoms with Crippen LogP contribution in [0.25, 0.3) is 0 Å². The summed E-state index contributed by atoms with van der Waals surface area (Å²) in [5, 5.41) is 19.1. The zero-order valence-electron chi connectivity index (χ0n) is 13.5. The van der Waals surface area contributed by atoms with E-state index in [0.717, 1.165) is 11.8 Å². The van der Waals surface area contributed by atoms with Crippen LogP contribution in [-0.4, -0.2) is 42.3 Å². The summed E-state index contributed by atoms with van der Waals surface area (Å²) in [4.78, 5) is 12.7. The third-order valence-corrected chi connectivity index (χ3v) is 5.42. The molecule has 0 fully saturated rings. The van der Waals surface area contributed by atoms with Crippen molar-refractivity contribution in [2.24, 2.45) is 10.3 Å². The Balaban J connectivity index is 2.30. The number of sulfonamides is 1. The van der Waals surface area contributed by atoms with Gasteiger partial charge in [0.05, 0.1) is 12.9 Å². The van der Waals surface area contributed by atoms with Crippen molar-refractivity contribution in [2.45, 2.75) is 37.5 Å². The molecule has 0 radical (unpaired) electrons. The van der Waals surface area contributed by atoms with Crippen LogP contribution in [0.5, 0.6) is 0 Å². The second kappa shape index (κ2) is 5.52. The minimum atomic E-state index is -3.96. The van der Waals surface area contributed by atoms with Gasteiger partial charge in [0.15, 0.2) is 0 Å². The van der Waals surface area contributed by atoms with Crippen LogP contribution >= 0.6 is 0 Å². The standard InChI is InChI=1S/C15H19N3O5S/c1-3-23-13(19)14-10-6-8-11-7-4-5-9-12(11)15(14,20)18(17-16-14)24(2,21)22/h4-5,7,9,20H,3,6,8,10H2,1-2H3. The van der Waals surface area contributed by atoms with Gasteiger partial charge in [-0.15, -0.1) is 9.53 Å². The fourth-order valence-electron chi connectivity index (χ4n) is 3.41. The molecule has 9 heteroatoms. The molecule has 0 spiro atoms. The summed E-state index contributed by atoms with van der Waals surface area (Å²) in [6.45, 7) is 1.73. The number of hydrogen-bond donors (Lipinski definition) is 1. The molecule has 2 aliphatic rings. The molecule has 0 saturated heterocycles. The average Bonchev–Trinajstić information content (AvgIpc) is 2.76. The smallest absolute Gasteiger partial charge is 0.341 e. The highest BCUT2D eigenvalue weighted by Crippen LogP contribution is 2.51. The molecule has 130 valence electrons. The van der Waals surface area contributed by atoms with Gasteiger partial charge in [0.2, 0.25) is 11.3 Å². The van der Waals surface area contributed by atoms with Crippen LogP contribution in [0.4, 0.5) is 0 Å². The SMILES string of the molecule is CCOC(=O)C12CCCc3ccccc3C1(O)N(S(C)(=O)=O)N=N2. The molecule has 0 amide bonds. The molecule has 2 unspecified atom stereocenters. The molecule has 24 heavy (non-hydrogen) atoms. The van der Waals surface area contributed by atoms with Crippen molar-refractivity contribution in [3.63, 3.8) is 0 Å². The third kappa shape index (κ3) is 2.15. The molecule has 1 aliphatic carbocycles. The van der Waals surface area contributed by atoms with Crippen molar-refractivity contribution in [1.82, 2.24) is 4.41 Å². The summed E-state index contributed by atoms with van der Waals surface area (Å²) in [5.74, 6) is -0.779. The highest BCUT2D eigenvalue weighted by Gasteiger charge is 2.69. The summed E-state index contributed by atoms with van der Waals surface area (Å²) >= 11 is 0. The molecule has 1 aromatic carbocycles. The van der Waals surface area contributed by atoms with Crippen molar-refractivity contribution in [3.8, 4) is 0 Å². The number of nitrogens with zero attached hydrogens (tertiary/aromatic N) is 3. The van der Waals surface area contributed by atoms with E-state index in [1.165, 1.54) is 0 Å². The number of aliphatic hydroxyl groups is 1. The lowest BCUT2D eigenvalue weighted by molar-refractivity contribution is -0.171. The van der Waals surface area contributed by atoms with Gasteiger partial charge in [0, 0.05) is 5.56 Å². The number of hydrogen-bond acceptors (Lipinski definition) is 7. The monoisotopic (exact) mass is 353 g/mol. The Morgan fingerprint density at radius 3 is 2.79 bits per heavy atom. The van der Waals surface area contributed by atoms with Crippen molar-refractivity contribution in [1.29, 1.82) is 0 Å². The predicted molar refractivity (Wildman–Crippen MR) is 84.2 cm³/mol. The highest BCUT2D eigenvalue weighted by atomic mass is 32.2. The Bertz CT molecular complexity index is 809. The molecule has 0 saturated carbocycles. The molecule has 1 N–H and O–H groups in total. The molecule has 1 aromatic rings.